The van der Waals surface area contributed by atoms with Crippen molar-refractivity contribution in [2.45, 2.75) is 26.2 Å². The molecule has 0 unspecified atom stereocenters. The SMILES string of the molecule is CCCCSC(=O)NP1(=O)Oc2ccc(Cl)cc2Cc2cc(Cl)ccc2O1. The van der Waals surface area contributed by atoms with Crippen LogP contribution in [0.15, 0.2) is 36.4 Å². The van der Waals surface area contributed by atoms with E-state index in [9.17, 15) is 9.36 Å². The van der Waals surface area contributed by atoms with Crippen molar-refractivity contribution in [3.8, 4) is 11.5 Å². The van der Waals surface area contributed by atoms with E-state index in [1.54, 1.807) is 36.4 Å². The van der Waals surface area contributed by atoms with Crippen molar-refractivity contribution < 1.29 is 18.4 Å². The number of hydrogen-bond donors (Lipinski definition) is 1. The normalized spacial score (nSPS) is 14.6. The zero-order chi connectivity index (χ0) is 19.4. The van der Waals surface area contributed by atoms with Crippen molar-refractivity contribution in [3.63, 3.8) is 0 Å². The van der Waals surface area contributed by atoms with E-state index in [4.69, 9.17) is 32.2 Å². The van der Waals surface area contributed by atoms with Gasteiger partial charge in [0.2, 0.25) is 0 Å². The Morgan fingerprint density at radius 1 is 1.11 bits per heavy atom. The number of benzene rings is 2. The van der Waals surface area contributed by atoms with Gasteiger partial charge in [-0.25, -0.2) is 9.65 Å². The summed E-state index contributed by atoms with van der Waals surface area (Å²) in [5, 5.41) is 2.99. The summed E-state index contributed by atoms with van der Waals surface area (Å²) in [5.74, 6) is 1.31. The summed E-state index contributed by atoms with van der Waals surface area (Å²) in [6.45, 7) is 2.03. The summed E-state index contributed by atoms with van der Waals surface area (Å²) >= 11 is 13.2. The molecule has 144 valence electrons. The van der Waals surface area contributed by atoms with Crippen LogP contribution in [0.1, 0.15) is 30.9 Å². The lowest BCUT2D eigenvalue weighted by Crippen LogP contribution is -2.24. The number of carbonyl (C=O) groups excluding carboxylic acids is 1. The lowest BCUT2D eigenvalue weighted by atomic mass is 10.0. The average Bonchev–Trinajstić information content (AvgIpc) is 2.59. The highest BCUT2D eigenvalue weighted by molar-refractivity contribution is 8.13. The van der Waals surface area contributed by atoms with Gasteiger partial charge in [0.1, 0.15) is 11.5 Å². The largest absolute Gasteiger partial charge is 0.544 e. The van der Waals surface area contributed by atoms with Crippen LogP contribution in [0.5, 0.6) is 11.5 Å². The molecule has 27 heavy (non-hydrogen) atoms. The van der Waals surface area contributed by atoms with Crippen LogP contribution in [0, 0.1) is 0 Å². The Morgan fingerprint density at radius 3 is 2.19 bits per heavy atom. The summed E-state index contributed by atoms with van der Waals surface area (Å²) in [6, 6.07) is 9.94. The Morgan fingerprint density at radius 2 is 1.67 bits per heavy atom. The maximum atomic E-state index is 13.3. The molecule has 0 aromatic heterocycles. The van der Waals surface area contributed by atoms with Crippen molar-refractivity contribution in [3.05, 3.63) is 57.6 Å². The fourth-order valence-electron chi connectivity index (χ4n) is 2.53. The van der Waals surface area contributed by atoms with Crippen LogP contribution in [-0.4, -0.2) is 11.0 Å². The molecule has 1 aliphatic rings. The van der Waals surface area contributed by atoms with E-state index in [1.807, 2.05) is 6.92 Å². The van der Waals surface area contributed by atoms with Gasteiger partial charge in [-0.1, -0.05) is 48.3 Å². The quantitative estimate of drug-likeness (QED) is 0.418. The molecule has 0 fully saturated rings. The van der Waals surface area contributed by atoms with Crippen LogP contribution in [-0.2, 0) is 11.0 Å². The fraction of sp³-hybridized carbons (Fsp3) is 0.278. The number of halogens is 2. The molecule has 0 radical (unpaired) electrons. The molecule has 0 aliphatic carbocycles. The van der Waals surface area contributed by atoms with Crippen molar-refractivity contribution in [1.29, 1.82) is 0 Å². The van der Waals surface area contributed by atoms with Gasteiger partial charge in [-0.15, -0.1) is 0 Å². The Kier molecular flexibility index (Phi) is 6.64. The van der Waals surface area contributed by atoms with Crippen molar-refractivity contribution in [2.75, 3.05) is 5.75 Å². The van der Waals surface area contributed by atoms with Gasteiger partial charge in [-0.3, -0.25) is 4.79 Å². The van der Waals surface area contributed by atoms with Crippen molar-refractivity contribution in [1.82, 2.24) is 5.09 Å². The summed E-state index contributed by atoms with van der Waals surface area (Å²) in [5.41, 5.74) is 1.45. The molecule has 0 bridgehead atoms. The second kappa shape index (κ2) is 8.78. The summed E-state index contributed by atoms with van der Waals surface area (Å²) < 4.78 is 24.6. The Balaban J connectivity index is 1.95. The minimum atomic E-state index is -3.99. The molecular weight excluding hydrogens is 428 g/mol. The molecule has 2 aromatic rings. The van der Waals surface area contributed by atoms with Crippen LogP contribution in [0.2, 0.25) is 10.0 Å². The first-order chi connectivity index (χ1) is 12.9. The maximum Gasteiger partial charge on any atom is 0.544 e. The summed E-state index contributed by atoms with van der Waals surface area (Å²) in [6.07, 6.45) is 2.28. The first-order valence-corrected chi connectivity index (χ1v) is 11.7. The van der Waals surface area contributed by atoms with E-state index >= 15 is 0 Å². The Labute approximate surface area is 172 Å². The minimum absolute atomic E-state index is 0.340. The van der Waals surface area contributed by atoms with Gasteiger partial charge in [-0.2, -0.15) is 0 Å². The van der Waals surface area contributed by atoms with Gasteiger partial charge in [0.25, 0.3) is 5.24 Å². The number of hydrogen-bond acceptors (Lipinski definition) is 5. The highest BCUT2D eigenvalue weighted by Gasteiger charge is 2.35. The van der Waals surface area contributed by atoms with Gasteiger partial charge in [0.05, 0.1) is 0 Å². The van der Waals surface area contributed by atoms with E-state index in [-0.39, 0.29) is 0 Å². The molecule has 1 N–H and O–H groups in total. The highest BCUT2D eigenvalue weighted by Crippen LogP contribution is 2.50. The van der Waals surface area contributed by atoms with Crippen LogP contribution in [0.3, 0.4) is 0 Å². The van der Waals surface area contributed by atoms with Gasteiger partial charge < -0.3 is 9.05 Å². The molecule has 1 aliphatic heterocycles. The minimum Gasteiger partial charge on any atom is -0.400 e. The fourth-order valence-corrected chi connectivity index (χ4v) is 5.36. The topological polar surface area (TPSA) is 64.6 Å². The number of unbranched alkanes of at least 4 members (excludes halogenated alkanes) is 1. The van der Waals surface area contributed by atoms with E-state index in [0.29, 0.717) is 33.7 Å². The number of nitrogens with one attached hydrogen (secondary N) is 1. The van der Waals surface area contributed by atoms with Crippen LogP contribution in [0.25, 0.3) is 0 Å². The Bertz CT molecular complexity index is 851. The second-order valence-corrected chi connectivity index (χ2v) is 9.49. The maximum absolute atomic E-state index is 13.3. The molecule has 0 saturated carbocycles. The first kappa shape index (κ1) is 20.4. The standard InChI is InChI=1S/C18H18Cl2NO4PS/c1-2-3-8-27-18(22)21-26(23)24-16-6-4-14(19)10-12(16)9-13-11-15(20)5-7-17(13)25-26/h4-7,10-11H,2-3,8-9H2,1H3,(H,21,22,23). The smallest absolute Gasteiger partial charge is 0.400 e. The van der Waals surface area contributed by atoms with Crippen LogP contribution >= 0.6 is 42.7 Å². The molecule has 0 saturated heterocycles. The zero-order valence-corrected chi connectivity index (χ0v) is 17.8. The molecule has 0 atom stereocenters. The van der Waals surface area contributed by atoms with E-state index in [1.165, 1.54) is 0 Å². The monoisotopic (exact) mass is 445 g/mol. The van der Waals surface area contributed by atoms with E-state index in [2.05, 4.69) is 5.09 Å². The van der Waals surface area contributed by atoms with E-state index in [0.717, 1.165) is 35.7 Å². The molecule has 9 heteroatoms. The third-order valence-electron chi connectivity index (χ3n) is 3.82. The van der Waals surface area contributed by atoms with Gasteiger partial charge in [0, 0.05) is 33.3 Å². The van der Waals surface area contributed by atoms with Gasteiger partial charge >= 0.3 is 7.75 Å². The first-order valence-electron chi connectivity index (χ1n) is 8.39. The van der Waals surface area contributed by atoms with Crippen LogP contribution < -0.4 is 14.1 Å². The number of thioether (sulfide) groups is 1. The third-order valence-corrected chi connectivity index (χ3v) is 6.65. The molecule has 0 spiro atoms. The third kappa shape index (κ3) is 5.35. The number of rotatable bonds is 4. The molecule has 3 rings (SSSR count). The molecule has 5 nitrogen and oxygen atoms in total. The number of amides is 1. The predicted octanol–water partition coefficient (Wildman–Crippen LogP) is 6.71. The zero-order valence-electron chi connectivity index (χ0n) is 14.5. The van der Waals surface area contributed by atoms with Gasteiger partial charge in [0.15, 0.2) is 0 Å². The second-order valence-electron chi connectivity index (χ2n) is 5.96. The van der Waals surface area contributed by atoms with Crippen molar-refractivity contribution in [2.24, 2.45) is 0 Å². The Hall–Kier alpha value is -1.33. The summed E-state index contributed by atoms with van der Waals surface area (Å²) in [4.78, 5) is 12.2. The molecule has 1 heterocycles. The lowest BCUT2D eigenvalue weighted by Gasteiger charge is -2.25. The average molecular weight is 446 g/mol. The molecule has 2 aromatic carbocycles. The number of carbonyl (C=O) groups is 1. The molecule has 1 amide bonds. The van der Waals surface area contributed by atoms with Crippen molar-refractivity contribution >= 4 is 47.9 Å². The number of fused-ring (bicyclic) bond motifs is 2. The highest BCUT2D eigenvalue weighted by atomic mass is 35.5. The summed E-state index contributed by atoms with van der Waals surface area (Å²) in [7, 11) is -3.99. The molecular formula is C18H18Cl2NO4PS. The lowest BCUT2D eigenvalue weighted by molar-refractivity contribution is 0.262. The van der Waals surface area contributed by atoms with E-state index < -0.39 is 13.0 Å². The van der Waals surface area contributed by atoms with Crippen LogP contribution in [0.4, 0.5) is 4.79 Å². The van der Waals surface area contributed by atoms with Gasteiger partial charge in [-0.05, 0) is 42.8 Å². The predicted molar refractivity (Wildman–Crippen MR) is 110 cm³/mol.